The molecule has 0 amide bonds. The Morgan fingerprint density at radius 1 is 0.552 bits per heavy atom. The van der Waals surface area contributed by atoms with E-state index in [1.807, 2.05) is 100 Å². The summed E-state index contributed by atoms with van der Waals surface area (Å²) in [6.07, 6.45) is -1.22. The van der Waals surface area contributed by atoms with E-state index < -0.39 is 18.4 Å². The zero-order valence-corrected chi connectivity index (χ0v) is 35.0. The maximum Gasteiger partial charge on any atom is 0.509 e. The lowest BCUT2D eigenvalue weighted by Crippen LogP contribution is -2.23. The third kappa shape index (κ3) is 8.96. The second-order valence-electron chi connectivity index (χ2n) is 14.1. The van der Waals surface area contributed by atoms with Crippen molar-refractivity contribution < 1.29 is 42.7 Å². The van der Waals surface area contributed by atoms with Crippen LogP contribution in [0.15, 0.2) is 72.8 Å². The Bertz CT molecular complexity index is 2230. The van der Waals surface area contributed by atoms with Gasteiger partial charge in [0.05, 0.1) is 38.5 Å². The Hall–Kier alpha value is -5.91. The van der Waals surface area contributed by atoms with Crippen molar-refractivity contribution in [2.45, 2.75) is 66.6 Å². The van der Waals surface area contributed by atoms with Crippen LogP contribution in [0.2, 0.25) is 0 Å². The van der Waals surface area contributed by atoms with E-state index in [0.717, 1.165) is 78.1 Å². The van der Waals surface area contributed by atoms with Crippen LogP contribution in [0.1, 0.15) is 70.8 Å². The van der Waals surface area contributed by atoms with E-state index in [9.17, 15) is 4.79 Å². The third-order valence-electron chi connectivity index (χ3n) is 10.4. The number of hydrogen-bond donors (Lipinski definition) is 0. The number of pyridine rings is 2. The van der Waals surface area contributed by atoms with Gasteiger partial charge in [0.2, 0.25) is 0 Å². The molecule has 11 heteroatoms. The highest BCUT2D eigenvalue weighted by Gasteiger charge is 2.29. The molecule has 0 saturated heterocycles. The summed E-state index contributed by atoms with van der Waals surface area (Å²) in [5, 5.41) is 1.55. The molecule has 304 valence electrons. The zero-order valence-electron chi connectivity index (χ0n) is 35.0. The van der Waals surface area contributed by atoms with Crippen LogP contribution in [-0.2, 0) is 31.8 Å². The van der Waals surface area contributed by atoms with Crippen LogP contribution in [0.3, 0.4) is 0 Å². The molecule has 0 N–H and O–H groups in total. The molecular weight excluding hydrogens is 737 g/mol. The number of aromatic nitrogens is 2. The number of carbonyl (C=O) groups excluding carboxylic acids is 1. The van der Waals surface area contributed by atoms with Gasteiger partial charge in [-0.3, -0.25) is 9.97 Å². The van der Waals surface area contributed by atoms with Crippen molar-refractivity contribution >= 4 is 28.0 Å². The minimum Gasteiger partial charge on any atom is -0.497 e. The Labute approximate surface area is 340 Å². The molecule has 0 spiro atoms. The molecule has 2 atom stereocenters. The third-order valence-corrected chi connectivity index (χ3v) is 10.4. The molecule has 58 heavy (non-hydrogen) atoms. The Balaban J connectivity index is 1.38. The normalized spacial score (nSPS) is 12.3. The summed E-state index contributed by atoms with van der Waals surface area (Å²) in [4.78, 5) is 24.1. The number of ether oxygens (including phenoxy) is 8. The Morgan fingerprint density at radius 3 is 1.24 bits per heavy atom. The van der Waals surface area contributed by atoms with Gasteiger partial charge < -0.3 is 37.9 Å². The minimum absolute atomic E-state index is 0.0677. The first kappa shape index (κ1) is 41.7. The molecular formula is C47H52N2O9. The molecule has 0 aliphatic rings. The van der Waals surface area contributed by atoms with Crippen molar-refractivity contribution in [3.05, 3.63) is 118 Å². The van der Waals surface area contributed by atoms with Crippen LogP contribution >= 0.6 is 0 Å². The van der Waals surface area contributed by atoms with Gasteiger partial charge in [-0.1, -0.05) is 13.8 Å². The van der Waals surface area contributed by atoms with Crippen molar-refractivity contribution in [2.75, 3.05) is 41.7 Å². The molecule has 0 aliphatic carbocycles. The van der Waals surface area contributed by atoms with Crippen molar-refractivity contribution in [3.63, 3.8) is 0 Å². The summed E-state index contributed by atoms with van der Waals surface area (Å²) >= 11 is 0. The predicted octanol–water partition coefficient (Wildman–Crippen LogP) is 11.0. The molecule has 2 unspecified atom stereocenters. The first-order chi connectivity index (χ1) is 28.0. The average molecular weight is 789 g/mol. The van der Waals surface area contributed by atoms with E-state index in [4.69, 9.17) is 47.9 Å². The summed E-state index contributed by atoms with van der Waals surface area (Å²) in [7, 11) is 6.39. The van der Waals surface area contributed by atoms with E-state index >= 15 is 0 Å². The first-order valence-electron chi connectivity index (χ1n) is 19.4. The van der Waals surface area contributed by atoms with Crippen molar-refractivity contribution in [1.29, 1.82) is 0 Å². The van der Waals surface area contributed by atoms with Crippen molar-refractivity contribution in [3.8, 4) is 34.5 Å². The number of methoxy groups -OCH3 is 4. The maximum absolute atomic E-state index is 14.1. The van der Waals surface area contributed by atoms with E-state index in [-0.39, 0.29) is 13.2 Å². The lowest BCUT2D eigenvalue weighted by Gasteiger charge is -2.26. The highest BCUT2D eigenvalue weighted by atomic mass is 16.7. The fraction of sp³-hybridized carbons (Fsp3) is 0.340. The summed E-state index contributed by atoms with van der Waals surface area (Å²) in [5.74, 6) is 4.04. The fourth-order valence-corrected chi connectivity index (χ4v) is 7.33. The average Bonchev–Trinajstić information content (AvgIpc) is 3.21. The van der Waals surface area contributed by atoms with Gasteiger partial charge in [0.15, 0.2) is 12.2 Å². The summed E-state index contributed by atoms with van der Waals surface area (Å²) in [6.45, 7) is 12.2. The lowest BCUT2D eigenvalue weighted by atomic mass is 9.95. The van der Waals surface area contributed by atoms with Gasteiger partial charge in [0.25, 0.3) is 0 Å². The molecule has 0 radical (unpaired) electrons. The van der Waals surface area contributed by atoms with E-state index in [1.54, 1.807) is 28.4 Å². The van der Waals surface area contributed by atoms with Gasteiger partial charge in [-0.25, -0.2) is 4.79 Å². The number of aryl methyl sites for hydroxylation is 4. The molecule has 11 nitrogen and oxygen atoms in total. The monoisotopic (exact) mass is 788 g/mol. The van der Waals surface area contributed by atoms with Crippen LogP contribution in [0, 0.1) is 27.7 Å². The maximum atomic E-state index is 14.1. The zero-order chi connectivity index (χ0) is 41.5. The Morgan fingerprint density at radius 2 is 0.914 bits per heavy atom. The van der Waals surface area contributed by atoms with Gasteiger partial charge in [-0.05, 0) is 136 Å². The smallest absolute Gasteiger partial charge is 0.497 e. The van der Waals surface area contributed by atoms with Crippen LogP contribution in [-0.4, -0.2) is 57.8 Å². The van der Waals surface area contributed by atoms with Gasteiger partial charge in [-0.2, -0.15) is 0 Å². The number of hydrogen-bond acceptors (Lipinski definition) is 11. The standard InChI is InChI=1S/C47H52N2O9/c1-11-37-29(5)45(35-23-41(27(3)21-39(35)48-37)55-33-17-13-31(53-9)14-18-33)43(25-51-7)57-47(50)58-44(26-52-8)46-30(6)38(12-2)49-40-22-28(4)42(24-36(40)46)56-34-19-15-32(54-10)16-20-34/h13-24,43-44H,11-12,25-26H2,1-10H3. The number of rotatable bonds is 16. The van der Waals surface area contributed by atoms with Crippen molar-refractivity contribution in [1.82, 2.24) is 9.97 Å². The van der Waals surface area contributed by atoms with Crippen molar-refractivity contribution in [2.24, 2.45) is 0 Å². The predicted molar refractivity (Wildman–Crippen MR) is 224 cm³/mol. The van der Waals surface area contributed by atoms with Crippen LogP contribution in [0.4, 0.5) is 4.79 Å². The number of nitrogens with zero attached hydrogens (tertiary/aromatic N) is 2. The van der Waals surface area contributed by atoms with Crippen LogP contribution in [0.5, 0.6) is 34.5 Å². The number of fused-ring (bicyclic) bond motifs is 2. The lowest BCUT2D eigenvalue weighted by molar-refractivity contribution is -0.0399. The Kier molecular flexibility index (Phi) is 13.4. The molecule has 0 fully saturated rings. The SMILES string of the molecule is CCc1nc2cc(C)c(Oc3ccc(OC)cc3)cc2c(C(COC)OC(=O)OC(COC)c2c(C)c(CC)nc3cc(C)c(Oc4ccc(OC)cc4)cc23)c1C. The topological polar surface area (TPSA) is 117 Å². The second kappa shape index (κ2) is 18.6. The quantitative estimate of drug-likeness (QED) is 0.0872. The minimum atomic E-state index is -0.877. The van der Waals surface area contributed by atoms with Gasteiger partial charge in [0, 0.05) is 47.5 Å². The second-order valence-corrected chi connectivity index (χ2v) is 14.1. The summed E-state index contributed by atoms with van der Waals surface area (Å²) in [6, 6.07) is 22.7. The van der Waals surface area contributed by atoms with Crippen LogP contribution in [0.25, 0.3) is 21.8 Å². The molecule has 2 heterocycles. The molecule has 0 saturated carbocycles. The fourth-order valence-electron chi connectivity index (χ4n) is 7.33. The van der Waals surface area contributed by atoms with E-state index in [0.29, 0.717) is 35.8 Å². The van der Waals surface area contributed by atoms with Crippen LogP contribution < -0.4 is 18.9 Å². The molecule has 6 rings (SSSR count). The van der Waals surface area contributed by atoms with E-state index in [1.165, 1.54) is 0 Å². The van der Waals surface area contributed by atoms with Gasteiger partial charge in [-0.15, -0.1) is 0 Å². The molecule has 4 aromatic carbocycles. The largest absolute Gasteiger partial charge is 0.509 e. The van der Waals surface area contributed by atoms with E-state index in [2.05, 4.69) is 13.8 Å². The molecule has 0 bridgehead atoms. The van der Waals surface area contributed by atoms with Gasteiger partial charge in [0.1, 0.15) is 34.5 Å². The summed E-state index contributed by atoms with van der Waals surface area (Å²) < 4.78 is 47.2. The summed E-state index contributed by atoms with van der Waals surface area (Å²) in [5.41, 5.74) is 8.38. The number of benzene rings is 4. The highest BCUT2D eigenvalue weighted by Crippen LogP contribution is 2.39. The highest BCUT2D eigenvalue weighted by molar-refractivity contribution is 5.88. The molecule has 0 aliphatic heterocycles. The molecule has 2 aromatic heterocycles. The van der Waals surface area contributed by atoms with Gasteiger partial charge >= 0.3 is 6.16 Å². The number of carbonyl (C=O) groups is 1. The first-order valence-corrected chi connectivity index (χ1v) is 19.4. The molecule has 6 aromatic rings.